The summed E-state index contributed by atoms with van der Waals surface area (Å²) < 4.78 is 0. The zero-order chi connectivity index (χ0) is 15.4. The highest BCUT2D eigenvalue weighted by Gasteiger charge is 2.20. The van der Waals surface area contributed by atoms with Crippen molar-refractivity contribution in [3.63, 3.8) is 0 Å². The minimum atomic E-state index is -0.0314. The van der Waals surface area contributed by atoms with Gasteiger partial charge in [0.15, 0.2) is 0 Å². The normalized spacial score (nSPS) is 16.9. The van der Waals surface area contributed by atoms with Crippen molar-refractivity contribution in [3.8, 4) is 0 Å². The molecule has 4 nitrogen and oxygen atoms in total. The van der Waals surface area contributed by atoms with Gasteiger partial charge >= 0.3 is 6.03 Å². The monoisotopic (exact) mass is 315 g/mol. The van der Waals surface area contributed by atoms with Crippen LogP contribution in [0.1, 0.15) is 35.6 Å². The standard InChI is InChI=1S/C17H21N3OS/c1-20(10-15-11-22-12-19-15)17(21)18-9-14-7-4-6-13-5-2-3-8-16(13)14/h2-3,5,8,11-12,14H,4,6-7,9-10H2,1H3,(H,18,21)/t14-/m0/s1. The van der Waals surface area contributed by atoms with Crippen LogP contribution in [0.15, 0.2) is 35.2 Å². The van der Waals surface area contributed by atoms with E-state index in [1.807, 2.05) is 12.4 Å². The molecule has 0 saturated carbocycles. The maximum atomic E-state index is 12.2. The van der Waals surface area contributed by atoms with Gasteiger partial charge in [-0.1, -0.05) is 24.3 Å². The van der Waals surface area contributed by atoms with Crippen molar-refractivity contribution in [2.24, 2.45) is 0 Å². The third-order valence-electron chi connectivity index (χ3n) is 4.22. The van der Waals surface area contributed by atoms with Gasteiger partial charge in [-0.3, -0.25) is 0 Å². The molecule has 5 heteroatoms. The number of carbonyl (C=O) groups is 1. The molecule has 1 aromatic heterocycles. The minimum Gasteiger partial charge on any atom is -0.337 e. The van der Waals surface area contributed by atoms with Crippen molar-refractivity contribution in [3.05, 3.63) is 52.0 Å². The van der Waals surface area contributed by atoms with E-state index in [4.69, 9.17) is 0 Å². The van der Waals surface area contributed by atoms with Gasteiger partial charge in [0.2, 0.25) is 0 Å². The zero-order valence-electron chi connectivity index (χ0n) is 12.8. The van der Waals surface area contributed by atoms with Crippen LogP contribution in [0.2, 0.25) is 0 Å². The molecule has 22 heavy (non-hydrogen) atoms. The topological polar surface area (TPSA) is 45.2 Å². The number of aryl methyl sites for hydroxylation is 1. The third kappa shape index (κ3) is 3.47. The SMILES string of the molecule is CN(Cc1cscn1)C(=O)NC[C@@H]1CCCc2ccccc21. The Labute approximate surface area is 135 Å². The molecule has 0 aliphatic heterocycles. The maximum absolute atomic E-state index is 12.2. The molecule has 0 fully saturated rings. The van der Waals surface area contributed by atoms with Crippen LogP contribution in [-0.2, 0) is 13.0 Å². The van der Waals surface area contributed by atoms with Crippen LogP contribution in [0, 0.1) is 0 Å². The first-order valence-corrected chi connectivity index (χ1v) is 8.62. The van der Waals surface area contributed by atoms with E-state index in [1.165, 1.54) is 17.5 Å². The van der Waals surface area contributed by atoms with Crippen molar-refractivity contribution in [2.75, 3.05) is 13.6 Å². The number of nitrogens with one attached hydrogen (secondary N) is 1. The molecule has 0 spiro atoms. The summed E-state index contributed by atoms with van der Waals surface area (Å²) in [5.41, 5.74) is 5.56. The van der Waals surface area contributed by atoms with Crippen molar-refractivity contribution in [2.45, 2.75) is 31.7 Å². The lowest BCUT2D eigenvalue weighted by Gasteiger charge is -2.26. The highest BCUT2D eigenvalue weighted by Crippen LogP contribution is 2.30. The first-order valence-electron chi connectivity index (χ1n) is 7.68. The number of benzene rings is 1. The predicted molar refractivity (Wildman–Crippen MR) is 89.1 cm³/mol. The summed E-state index contributed by atoms with van der Waals surface area (Å²) in [7, 11) is 1.81. The lowest BCUT2D eigenvalue weighted by atomic mass is 9.83. The Balaban J connectivity index is 1.55. The van der Waals surface area contributed by atoms with Gasteiger partial charge in [0.05, 0.1) is 17.7 Å². The van der Waals surface area contributed by atoms with Gasteiger partial charge in [0, 0.05) is 24.9 Å². The molecule has 1 aliphatic carbocycles. The van der Waals surface area contributed by atoms with Gasteiger partial charge in [-0.2, -0.15) is 0 Å². The highest BCUT2D eigenvalue weighted by molar-refractivity contribution is 7.07. The summed E-state index contributed by atoms with van der Waals surface area (Å²) in [6, 6.07) is 8.56. The molecular formula is C17H21N3OS. The molecule has 116 valence electrons. The summed E-state index contributed by atoms with van der Waals surface area (Å²) >= 11 is 1.55. The largest absolute Gasteiger partial charge is 0.337 e. The molecule has 3 rings (SSSR count). The molecule has 1 N–H and O–H groups in total. The molecule has 0 unspecified atom stereocenters. The molecular weight excluding hydrogens is 294 g/mol. The zero-order valence-corrected chi connectivity index (χ0v) is 13.6. The van der Waals surface area contributed by atoms with Gasteiger partial charge in [-0.15, -0.1) is 11.3 Å². The number of fused-ring (bicyclic) bond motifs is 1. The number of rotatable bonds is 4. The minimum absolute atomic E-state index is 0.0314. The number of hydrogen-bond donors (Lipinski definition) is 1. The fourth-order valence-corrected chi connectivity index (χ4v) is 3.59. The molecule has 1 aromatic carbocycles. The van der Waals surface area contributed by atoms with Crippen LogP contribution in [0.5, 0.6) is 0 Å². The lowest BCUT2D eigenvalue weighted by Crippen LogP contribution is -2.39. The number of aromatic nitrogens is 1. The number of carbonyl (C=O) groups excluding carboxylic acids is 1. The van der Waals surface area contributed by atoms with Gasteiger partial charge < -0.3 is 10.2 Å². The second kappa shape index (κ2) is 6.92. The highest BCUT2D eigenvalue weighted by atomic mass is 32.1. The number of amides is 2. The van der Waals surface area contributed by atoms with Crippen LogP contribution < -0.4 is 5.32 Å². The van der Waals surface area contributed by atoms with E-state index in [-0.39, 0.29) is 6.03 Å². The van der Waals surface area contributed by atoms with E-state index in [9.17, 15) is 4.79 Å². The molecule has 1 aliphatic rings. The van der Waals surface area contributed by atoms with E-state index >= 15 is 0 Å². The Morgan fingerprint density at radius 2 is 2.32 bits per heavy atom. The van der Waals surface area contributed by atoms with E-state index in [2.05, 4.69) is 34.6 Å². The Morgan fingerprint density at radius 3 is 3.14 bits per heavy atom. The van der Waals surface area contributed by atoms with Crippen LogP contribution in [0.3, 0.4) is 0 Å². The number of nitrogens with zero attached hydrogens (tertiary/aromatic N) is 2. The molecule has 2 amide bonds. The quantitative estimate of drug-likeness (QED) is 0.940. The maximum Gasteiger partial charge on any atom is 0.317 e. The first-order chi connectivity index (χ1) is 10.7. The molecule has 0 radical (unpaired) electrons. The fourth-order valence-electron chi connectivity index (χ4n) is 3.04. The van der Waals surface area contributed by atoms with Crippen LogP contribution >= 0.6 is 11.3 Å². The van der Waals surface area contributed by atoms with E-state index in [0.717, 1.165) is 18.5 Å². The Kier molecular flexibility index (Phi) is 4.73. The van der Waals surface area contributed by atoms with Gasteiger partial charge in [-0.05, 0) is 30.4 Å². The van der Waals surface area contributed by atoms with Crippen LogP contribution in [-0.4, -0.2) is 29.5 Å². The van der Waals surface area contributed by atoms with Crippen LogP contribution in [0.4, 0.5) is 4.79 Å². The fraction of sp³-hybridized carbons (Fsp3) is 0.412. The predicted octanol–water partition coefficient (Wildman–Crippen LogP) is 3.40. The first kappa shape index (κ1) is 15.0. The van der Waals surface area contributed by atoms with Gasteiger partial charge in [0.1, 0.15) is 0 Å². The van der Waals surface area contributed by atoms with Gasteiger partial charge in [-0.25, -0.2) is 9.78 Å². The number of urea groups is 1. The molecule has 1 atom stereocenters. The Morgan fingerprint density at radius 1 is 1.45 bits per heavy atom. The lowest BCUT2D eigenvalue weighted by molar-refractivity contribution is 0.205. The van der Waals surface area contributed by atoms with E-state index in [0.29, 0.717) is 19.0 Å². The van der Waals surface area contributed by atoms with Gasteiger partial charge in [0.25, 0.3) is 0 Å². The second-order valence-electron chi connectivity index (χ2n) is 5.81. The molecule has 0 saturated heterocycles. The van der Waals surface area contributed by atoms with E-state index in [1.54, 1.807) is 21.7 Å². The molecule has 2 aromatic rings. The van der Waals surface area contributed by atoms with Crippen molar-refractivity contribution >= 4 is 17.4 Å². The summed E-state index contributed by atoms with van der Waals surface area (Å²) in [5, 5.41) is 5.04. The van der Waals surface area contributed by atoms with Crippen molar-refractivity contribution < 1.29 is 4.79 Å². The summed E-state index contributed by atoms with van der Waals surface area (Å²) in [6.07, 6.45) is 3.50. The summed E-state index contributed by atoms with van der Waals surface area (Å²) in [5.74, 6) is 0.432. The Bertz CT molecular complexity index is 627. The smallest absolute Gasteiger partial charge is 0.317 e. The second-order valence-corrected chi connectivity index (χ2v) is 6.53. The molecule has 0 bridgehead atoms. The Hall–Kier alpha value is -1.88. The number of hydrogen-bond acceptors (Lipinski definition) is 3. The summed E-state index contributed by atoms with van der Waals surface area (Å²) in [6.45, 7) is 1.26. The molecule has 1 heterocycles. The van der Waals surface area contributed by atoms with Crippen LogP contribution in [0.25, 0.3) is 0 Å². The average Bonchev–Trinajstić information content (AvgIpc) is 3.05. The summed E-state index contributed by atoms with van der Waals surface area (Å²) in [4.78, 5) is 18.1. The van der Waals surface area contributed by atoms with E-state index < -0.39 is 0 Å². The van der Waals surface area contributed by atoms with Crippen molar-refractivity contribution in [1.82, 2.24) is 15.2 Å². The third-order valence-corrected chi connectivity index (χ3v) is 4.86. The van der Waals surface area contributed by atoms with Crippen molar-refractivity contribution in [1.29, 1.82) is 0 Å². The number of thiazole rings is 1. The average molecular weight is 315 g/mol.